The maximum absolute atomic E-state index is 11.6. The molecule has 1 atom stereocenters. The number of rotatable bonds is 1. The summed E-state index contributed by atoms with van der Waals surface area (Å²) in [4.78, 5) is 11.6. The van der Waals surface area contributed by atoms with Crippen LogP contribution in [0.2, 0.25) is 0 Å². The molecule has 0 aliphatic carbocycles. The summed E-state index contributed by atoms with van der Waals surface area (Å²) < 4.78 is 10.1. The Morgan fingerprint density at radius 3 is 2.93 bits per heavy atom. The monoisotopic (exact) mass is 208 g/mol. The maximum Gasteiger partial charge on any atom is 0.342 e. The number of ether oxygens (including phenoxy) is 2. The van der Waals surface area contributed by atoms with Gasteiger partial charge in [0.15, 0.2) is 0 Å². The standard InChI is InChI=1S/C11H12O4/c1-6-3-7-4-8(12)5-9(14-2)10(7)11(13)15-6/h4-6,12H,3H2,1-2H3/t6-/m0/s1. The van der Waals surface area contributed by atoms with Crippen molar-refractivity contribution in [3.05, 3.63) is 23.3 Å². The van der Waals surface area contributed by atoms with Crippen molar-refractivity contribution < 1.29 is 19.4 Å². The fourth-order valence-corrected chi connectivity index (χ4v) is 1.80. The summed E-state index contributed by atoms with van der Waals surface area (Å²) in [6.07, 6.45) is 0.447. The number of fused-ring (bicyclic) bond motifs is 1. The van der Waals surface area contributed by atoms with Crippen molar-refractivity contribution in [3.8, 4) is 11.5 Å². The summed E-state index contributed by atoms with van der Waals surface area (Å²) in [5.41, 5.74) is 1.20. The maximum atomic E-state index is 11.6. The quantitative estimate of drug-likeness (QED) is 0.710. The van der Waals surface area contributed by atoms with Crippen LogP contribution < -0.4 is 4.74 Å². The third-order valence-electron chi connectivity index (χ3n) is 2.41. The second-order valence-electron chi connectivity index (χ2n) is 3.60. The number of cyclic esters (lactones) is 1. The Bertz CT molecular complexity index is 411. The van der Waals surface area contributed by atoms with Gasteiger partial charge in [-0.3, -0.25) is 0 Å². The van der Waals surface area contributed by atoms with Gasteiger partial charge >= 0.3 is 5.97 Å². The zero-order chi connectivity index (χ0) is 11.0. The van der Waals surface area contributed by atoms with E-state index in [0.29, 0.717) is 17.7 Å². The van der Waals surface area contributed by atoms with Crippen LogP contribution in [-0.4, -0.2) is 24.3 Å². The van der Waals surface area contributed by atoms with Gasteiger partial charge < -0.3 is 14.6 Å². The third kappa shape index (κ3) is 1.63. The molecule has 1 aromatic rings. The SMILES string of the molecule is COc1cc(O)cc2c1C(=O)O[C@@H](C)C2. The highest BCUT2D eigenvalue weighted by atomic mass is 16.5. The molecule has 1 aliphatic heterocycles. The van der Waals surface area contributed by atoms with E-state index < -0.39 is 0 Å². The number of carbonyl (C=O) groups excluding carboxylic acids is 1. The number of hydrogen-bond acceptors (Lipinski definition) is 4. The molecule has 0 saturated carbocycles. The predicted molar refractivity (Wildman–Crippen MR) is 53.2 cm³/mol. The van der Waals surface area contributed by atoms with Crippen molar-refractivity contribution in [3.63, 3.8) is 0 Å². The van der Waals surface area contributed by atoms with E-state index in [2.05, 4.69) is 0 Å². The normalized spacial score (nSPS) is 19.3. The van der Waals surface area contributed by atoms with Crippen LogP contribution in [-0.2, 0) is 11.2 Å². The smallest absolute Gasteiger partial charge is 0.342 e. The van der Waals surface area contributed by atoms with Gasteiger partial charge in [0.2, 0.25) is 0 Å². The molecule has 1 heterocycles. The Hall–Kier alpha value is -1.71. The minimum absolute atomic E-state index is 0.104. The van der Waals surface area contributed by atoms with Gasteiger partial charge in [0, 0.05) is 12.5 Å². The summed E-state index contributed by atoms with van der Waals surface area (Å²) in [5.74, 6) is 0.0787. The fraction of sp³-hybridized carbons (Fsp3) is 0.364. The second-order valence-corrected chi connectivity index (χ2v) is 3.60. The number of esters is 1. The van der Waals surface area contributed by atoms with Crippen LogP contribution in [0.5, 0.6) is 11.5 Å². The van der Waals surface area contributed by atoms with Gasteiger partial charge in [-0.25, -0.2) is 4.79 Å². The van der Waals surface area contributed by atoms with Gasteiger partial charge in [-0.05, 0) is 18.6 Å². The van der Waals surface area contributed by atoms with Crippen molar-refractivity contribution in [2.24, 2.45) is 0 Å². The first-order chi connectivity index (χ1) is 7.11. The van der Waals surface area contributed by atoms with E-state index in [4.69, 9.17) is 9.47 Å². The van der Waals surface area contributed by atoms with E-state index in [1.807, 2.05) is 6.92 Å². The molecule has 4 nitrogen and oxygen atoms in total. The molecule has 0 fully saturated rings. The average molecular weight is 208 g/mol. The zero-order valence-electron chi connectivity index (χ0n) is 8.61. The number of phenolic OH excluding ortho intramolecular Hbond substituents is 1. The van der Waals surface area contributed by atoms with Crippen LogP contribution >= 0.6 is 0 Å². The molecule has 80 valence electrons. The number of hydrogen-bond donors (Lipinski definition) is 1. The zero-order valence-corrected chi connectivity index (χ0v) is 8.61. The van der Waals surface area contributed by atoms with E-state index >= 15 is 0 Å². The van der Waals surface area contributed by atoms with Crippen LogP contribution in [0.1, 0.15) is 22.8 Å². The van der Waals surface area contributed by atoms with Crippen molar-refractivity contribution in [1.82, 2.24) is 0 Å². The van der Waals surface area contributed by atoms with Gasteiger partial charge in [-0.2, -0.15) is 0 Å². The number of phenols is 1. The molecule has 0 aromatic heterocycles. The summed E-state index contributed by atoms with van der Waals surface area (Å²) >= 11 is 0. The Kier molecular flexibility index (Phi) is 2.26. The van der Waals surface area contributed by atoms with Crippen LogP contribution in [0.3, 0.4) is 0 Å². The number of benzene rings is 1. The topological polar surface area (TPSA) is 55.8 Å². The molecular formula is C11H12O4. The number of carbonyl (C=O) groups is 1. The van der Waals surface area contributed by atoms with E-state index in [0.717, 1.165) is 5.56 Å². The van der Waals surface area contributed by atoms with Crippen molar-refractivity contribution in [2.75, 3.05) is 7.11 Å². The first kappa shape index (κ1) is 9.83. The number of aromatic hydroxyl groups is 1. The summed E-state index contributed by atoms with van der Waals surface area (Å²) in [6, 6.07) is 2.99. The van der Waals surface area contributed by atoms with Crippen molar-refractivity contribution >= 4 is 5.97 Å². The summed E-state index contributed by atoms with van der Waals surface area (Å²) in [7, 11) is 1.46. The lowest BCUT2D eigenvalue weighted by Crippen LogP contribution is -2.25. The Morgan fingerprint density at radius 2 is 2.27 bits per heavy atom. The van der Waals surface area contributed by atoms with E-state index in [1.165, 1.54) is 13.2 Å². The highest BCUT2D eigenvalue weighted by Crippen LogP contribution is 2.32. The van der Waals surface area contributed by atoms with Gasteiger partial charge in [-0.15, -0.1) is 0 Å². The first-order valence-electron chi connectivity index (χ1n) is 4.72. The van der Waals surface area contributed by atoms with Crippen molar-refractivity contribution in [2.45, 2.75) is 19.4 Å². The molecule has 0 radical (unpaired) electrons. The van der Waals surface area contributed by atoms with Gasteiger partial charge in [0.05, 0.1) is 7.11 Å². The molecule has 15 heavy (non-hydrogen) atoms. The Balaban J connectivity index is 2.58. The first-order valence-corrected chi connectivity index (χ1v) is 4.72. The molecule has 0 saturated heterocycles. The van der Waals surface area contributed by atoms with Gasteiger partial charge in [-0.1, -0.05) is 0 Å². The molecule has 0 spiro atoms. The predicted octanol–water partition coefficient (Wildman–Crippen LogP) is 1.50. The number of methoxy groups -OCH3 is 1. The lowest BCUT2D eigenvalue weighted by atomic mass is 9.98. The summed E-state index contributed by atoms with van der Waals surface area (Å²) in [6.45, 7) is 1.82. The molecule has 0 bridgehead atoms. The van der Waals surface area contributed by atoms with Gasteiger partial charge in [0.1, 0.15) is 23.2 Å². The van der Waals surface area contributed by atoms with E-state index in [1.54, 1.807) is 6.07 Å². The lowest BCUT2D eigenvalue weighted by Gasteiger charge is -2.23. The van der Waals surface area contributed by atoms with E-state index in [9.17, 15) is 9.90 Å². The molecule has 2 rings (SSSR count). The summed E-state index contributed by atoms with van der Waals surface area (Å²) in [5, 5.41) is 9.44. The molecule has 1 aliphatic rings. The molecule has 0 unspecified atom stereocenters. The van der Waals surface area contributed by atoms with Crippen LogP contribution in [0.15, 0.2) is 12.1 Å². The molecule has 1 aromatic carbocycles. The van der Waals surface area contributed by atoms with Crippen LogP contribution in [0.4, 0.5) is 0 Å². The minimum Gasteiger partial charge on any atom is -0.508 e. The van der Waals surface area contributed by atoms with Crippen LogP contribution in [0.25, 0.3) is 0 Å². The Labute approximate surface area is 87.4 Å². The lowest BCUT2D eigenvalue weighted by molar-refractivity contribution is 0.0296. The van der Waals surface area contributed by atoms with Crippen LogP contribution in [0, 0.1) is 0 Å². The molecule has 4 heteroatoms. The van der Waals surface area contributed by atoms with Gasteiger partial charge in [0.25, 0.3) is 0 Å². The second kappa shape index (κ2) is 3.46. The fourth-order valence-electron chi connectivity index (χ4n) is 1.80. The average Bonchev–Trinajstić information content (AvgIpc) is 2.14. The molecule has 0 amide bonds. The molecular weight excluding hydrogens is 196 g/mol. The molecule has 1 N–H and O–H groups in total. The highest BCUT2D eigenvalue weighted by molar-refractivity contribution is 5.95. The Morgan fingerprint density at radius 1 is 1.53 bits per heavy atom. The van der Waals surface area contributed by atoms with Crippen molar-refractivity contribution in [1.29, 1.82) is 0 Å². The highest BCUT2D eigenvalue weighted by Gasteiger charge is 2.27. The minimum atomic E-state index is -0.388. The third-order valence-corrected chi connectivity index (χ3v) is 2.41. The van der Waals surface area contributed by atoms with E-state index in [-0.39, 0.29) is 17.8 Å². The largest absolute Gasteiger partial charge is 0.508 e.